The van der Waals surface area contributed by atoms with E-state index in [4.69, 9.17) is 37.4 Å². The second-order valence-electron chi connectivity index (χ2n) is 13.0. The molecule has 7 rings (SSSR count). The highest BCUT2D eigenvalue weighted by Gasteiger charge is 2.38. The van der Waals surface area contributed by atoms with Crippen LogP contribution in [-0.4, -0.2) is 62.1 Å². The Hall–Kier alpha value is -4.58. The SMILES string of the molecule is COc1ccc([C@H](Cc2c(Cl)c[n+](O)cc2Cl)c2c(CN(C(=O)O[C@H]3CN4CCC3CC4)c3ccccc3F)cc(C)cc2C(=O)[O-])cc1OC. The van der Waals surface area contributed by atoms with Crippen LogP contribution in [0.5, 0.6) is 11.5 Å². The molecular weight excluding hydrogens is 700 g/mol. The molecule has 0 spiro atoms. The molecule has 0 unspecified atom stereocenters. The molecule has 3 aliphatic rings. The number of para-hydroxylation sites is 1. The van der Waals surface area contributed by atoms with Crippen LogP contribution in [0.3, 0.4) is 0 Å². The number of halogens is 3. The van der Waals surface area contributed by atoms with E-state index in [1.54, 1.807) is 37.3 Å². The monoisotopic (exact) mass is 737 g/mol. The summed E-state index contributed by atoms with van der Waals surface area (Å²) in [4.78, 5) is 30.6. The van der Waals surface area contributed by atoms with Crippen molar-refractivity contribution in [2.24, 2.45) is 5.92 Å². The number of carbonyl (C=O) groups is 2. The molecule has 4 heterocycles. The maximum atomic E-state index is 15.6. The quantitative estimate of drug-likeness (QED) is 0.148. The number of hydrogen-bond donors (Lipinski definition) is 1. The number of aromatic carboxylic acids is 1. The molecular formula is C38H38Cl2FN3O7. The van der Waals surface area contributed by atoms with E-state index in [9.17, 15) is 19.9 Å². The van der Waals surface area contributed by atoms with Gasteiger partial charge >= 0.3 is 6.09 Å². The number of ether oxygens (including phenoxy) is 3. The number of nitrogens with zero attached hydrogens (tertiary/aromatic N) is 3. The Labute approximate surface area is 305 Å². The summed E-state index contributed by atoms with van der Waals surface area (Å²) in [5.74, 6) is -1.86. The molecule has 1 amide bonds. The zero-order valence-electron chi connectivity index (χ0n) is 28.4. The summed E-state index contributed by atoms with van der Waals surface area (Å²) in [5.41, 5.74) is 2.14. The highest BCUT2D eigenvalue weighted by Crippen LogP contribution is 2.41. The summed E-state index contributed by atoms with van der Waals surface area (Å²) in [7, 11) is 2.99. The van der Waals surface area contributed by atoms with Gasteiger partial charge in [-0.25, -0.2) is 9.18 Å². The van der Waals surface area contributed by atoms with Gasteiger partial charge in [0, 0.05) is 28.3 Å². The van der Waals surface area contributed by atoms with Crippen molar-refractivity contribution in [3.8, 4) is 11.5 Å². The number of pyridine rings is 1. The van der Waals surface area contributed by atoms with Crippen LogP contribution in [0.2, 0.25) is 10.0 Å². The second kappa shape index (κ2) is 15.3. The van der Waals surface area contributed by atoms with E-state index in [1.165, 1.54) is 55.8 Å². The number of hydrogen-bond acceptors (Lipinski definition) is 8. The Morgan fingerprint density at radius 2 is 1.73 bits per heavy atom. The van der Waals surface area contributed by atoms with Gasteiger partial charge in [-0.1, -0.05) is 53.0 Å². The van der Waals surface area contributed by atoms with E-state index >= 15 is 4.39 Å². The Morgan fingerprint density at radius 1 is 1.04 bits per heavy atom. The van der Waals surface area contributed by atoms with Gasteiger partial charge in [0.05, 0.1) is 32.4 Å². The van der Waals surface area contributed by atoms with Crippen molar-refractivity contribution < 1.29 is 43.2 Å². The zero-order valence-corrected chi connectivity index (χ0v) is 29.9. The molecule has 3 aliphatic heterocycles. The van der Waals surface area contributed by atoms with Gasteiger partial charge < -0.3 is 24.1 Å². The van der Waals surface area contributed by atoms with E-state index in [1.807, 2.05) is 0 Å². The third-order valence-electron chi connectivity index (χ3n) is 9.80. The Bertz CT molecular complexity index is 1930. The fourth-order valence-corrected chi connectivity index (χ4v) is 7.91. The van der Waals surface area contributed by atoms with E-state index in [0.717, 1.165) is 30.7 Å². The lowest BCUT2D eigenvalue weighted by molar-refractivity contribution is -0.904. The minimum absolute atomic E-state index is 0.0180. The largest absolute Gasteiger partial charge is 0.545 e. The molecule has 0 radical (unpaired) electrons. The maximum Gasteiger partial charge on any atom is 0.415 e. The molecule has 13 heteroatoms. The molecule has 0 saturated carbocycles. The first kappa shape index (κ1) is 36.2. The fourth-order valence-electron chi connectivity index (χ4n) is 7.31. The van der Waals surface area contributed by atoms with Crippen molar-refractivity contribution in [2.45, 2.75) is 44.8 Å². The van der Waals surface area contributed by atoms with Crippen LogP contribution in [0.25, 0.3) is 0 Å². The van der Waals surface area contributed by atoms with Crippen molar-refractivity contribution >= 4 is 41.0 Å². The van der Waals surface area contributed by atoms with Crippen LogP contribution in [-0.2, 0) is 17.7 Å². The molecule has 268 valence electrons. The Morgan fingerprint density at radius 3 is 2.33 bits per heavy atom. The van der Waals surface area contributed by atoms with E-state index in [-0.39, 0.29) is 51.8 Å². The average molecular weight is 739 g/mol. The maximum absolute atomic E-state index is 15.6. The molecule has 3 aromatic carbocycles. The van der Waals surface area contributed by atoms with Crippen molar-refractivity contribution in [3.63, 3.8) is 0 Å². The molecule has 10 nitrogen and oxygen atoms in total. The lowest BCUT2D eigenvalue weighted by Crippen LogP contribution is -2.53. The fraction of sp³-hybridized carbons (Fsp3) is 0.342. The van der Waals surface area contributed by atoms with Crippen molar-refractivity contribution in [2.75, 3.05) is 38.8 Å². The van der Waals surface area contributed by atoms with Crippen LogP contribution in [0, 0.1) is 18.7 Å². The number of rotatable bonds is 11. The summed E-state index contributed by atoms with van der Waals surface area (Å²) in [6.07, 6.45) is 3.30. The summed E-state index contributed by atoms with van der Waals surface area (Å²) >= 11 is 13.2. The van der Waals surface area contributed by atoms with Gasteiger partial charge in [0.1, 0.15) is 22.0 Å². The number of carboxylic acid groups (broad SMARTS) is 1. The topological polar surface area (TPSA) is 115 Å². The number of anilines is 1. The average Bonchev–Trinajstić information content (AvgIpc) is 3.11. The lowest BCUT2D eigenvalue weighted by atomic mass is 9.80. The second-order valence-corrected chi connectivity index (χ2v) is 13.8. The van der Waals surface area contributed by atoms with E-state index in [2.05, 4.69) is 4.90 Å². The smallest absolute Gasteiger partial charge is 0.415 e. The number of aryl methyl sites for hydroxylation is 1. The molecule has 3 saturated heterocycles. The molecule has 2 bridgehead atoms. The first-order chi connectivity index (χ1) is 24.5. The van der Waals surface area contributed by atoms with Gasteiger partial charge in [-0.15, -0.1) is 0 Å². The predicted octanol–water partition coefficient (Wildman–Crippen LogP) is 5.96. The minimum Gasteiger partial charge on any atom is -0.545 e. The Balaban J connectivity index is 1.52. The van der Waals surface area contributed by atoms with Gasteiger partial charge in [0.25, 0.3) is 0 Å². The summed E-state index contributed by atoms with van der Waals surface area (Å²) < 4.78 is 33.5. The number of benzene rings is 3. The zero-order chi connectivity index (χ0) is 36.4. The van der Waals surface area contributed by atoms with Crippen LogP contribution in [0.15, 0.2) is 67.0 Å². The van der Waals surface area contributed by atoms with E-state index < -0.39 is 23.8 Å². The first-order valence-electron chi connectivity index (χ1n) is 16.6. The molecule has 0 aliphatic carbocycles. The van der Waals surface area contributed by atoms with Crippen molar-refractivity contribution in [1.82, 2.24) is 4.90 Å². The molecule has 51 heavy (non-hydrogen) atoms. The van der Waals surface area contributed by atoms with Crippen LogP contribution < -0.4 is 24.2 Å². The molecule has 1 aromatic heterocycles. The number of carboxylic acids is 1. The number of carbonyl (C=O) groups excluding carboxylic acids is 2. The third kappa shape index (κ3) is 7.71. The minimum atomic E-state index is -1.45. The van der Waals surface area contributed by atoms with Crippen LogP contribution in [0.1, 0.15) is 56.9 Å². The van der Waals surface area contributed by atoms with Crippen LogP contribution >= 0.6 is 23.2 Å². The van der Waals surface area contributed by atoms with Gasteiger partial charge in [-0.2, -0.15) is 0 Å². The number of fused-ring (bicyclic) bond motifs is 3. The molecule has 1 N–H and O–H groups in total. The molecule has 2 atom stereocenters. The standard InChI is InChI=1S/C38H38Cl2FN3O7/c1-22-14-25(18-44(32-7-5-4-6-31(32)41)38(47)51-35-21-42-12-10-23(35)11-13-42)36(28(15-22)37(45)46)26(17-27-29(39)19-43(48)20-30(27)40)24-8-9-33(49-2)34(16-24)50-3/h4-9,14-16,19-20,23,26,35H,10-13,17-18,21H2,1-3H3,(H-,45,46,48)/t26-,35-/m0/s1. The van der Waals surface area contributed by atoms with Gasteiger partial charge in [-0.3, -0.25) is 15.0 Å². The highest BCUT2D eigenvalue weighted by molar-refractivity contribution is 6.35. The summed E-state index contributed by atoms with van der Waals surface area (Å²) in [5, 5.41) is 23.3. The van der Waals surface area contributed by atoms with Crippen LogP contribution in [0.4, 0.5) is 14.9 Å². The number of methoxy groups -OCH3 is 2. The number of amides is 1. The number of piperidine rings is 3. The predicted molar refractivity (Wildman–Crippen MR) is 186 cm³/mol. The lowest BCUT2D eigenvalue weighted by Gasteiger charge is -2.44. The van der Waals surface area contributed by atoms with Crippen molar-refractivity contribution in [3.05, 3.63) is 116 Å². The molecule has 3 fully saturated rings. The van der Waals surface area contributed by atoms with Gasteiger partial charge in [0.2, 0.25) is 12.4 Å². The molecule has 4 aromatic rings. The third-order valence-corrected chi connectivity index (χ3v) is 10.5. The summed E-state index contributed by atoms with van der Waals surface area (Å²) in [6, 6.07) is 14.3. The number of aromatic nitrogens is 1. The highest BCUT2D eigenvalue weighted by atomic mass is 35.5. The van der Waals surface area contributed by atoms with Crippen molar-refractivity contribution in [1.29, 1.82) is 0 Å². The van der Waals surface area contributed by atoms with E-state index in [0.29, 0.717) is 40.3 Å². The normalized spacial score (nSPS) is 18.6. The first-order valence-corrected chi connectivity index (χ1v) is 17.3. The summed E-state index contributed by atoms with van der Waals surface area (Å²) in [6.45, 7) is 3.98. The van der Waals surface area contributed by atoms with Gasteiger partial charge in [-0.05, 0) is 92.2 Å². The Kier molecular flexibility index (Phi) is 10.9. The van der Waals surface area contributed by atoms with Gasteiger partial charge in [0.15, 0.2) is 11.5 Å².